The normalized spacial score (nSPS) is 7.70. The van der Waals surface area contributed by atoms with Crippen molar-refractivity contribution in [1.82, 2.24) is 0 Å². The molecule has 0 saturated heterocycles. The van der Waals surface area contributed by atoms with Gasteiger partial charge < -0.3 is 5.73 Å². The van der Waals surface area contributed by atoms with Gasteiger partial charge in [-0.25, -0.2) is 0 Å². The molecule has 10 heavy (non-hydrogen) atoms. The van der Waals surface area contributed by atoms with Crippen molar-refractivity contribution in [1.29, 1.82) is 0 Å². The van der Waals surface area contributed by atoms with Crippen LogP contribution >= 0.6 is 23.7 Å². The van der Waals surface area contributed by atoms with Crippen LogP contribution in [0.3, 0.4) is 0 Å². The molecule has 3 radical (unpaired) electrons. The summed E-state index contributed by atoms with van der Waals surface area (Å²) in [4.78, 5) is 0. The second-order valence-corrected chi connectivity index (χ2v) is 2.45. The first-order valence-corrected chi connectivity index (χ1v) is 3.59. The predicted octanol–water partition coefficient (Wildman–Crippen LogP) is 1.29. The summed E-state index contributed by atoms with van der Waals surface area (Å²) in [6, 6.07) is 2.11. The Balaban J connectivity index is 0. The Morgan fingerprint density at radius 1 is 1.50 bits per heavy atom. The van der Waals surface area contributed by atoms with Gasteiger partial charge in [0.15, 0.2) is 0 Å². The Bertz CT molecular complexity index is 143. The SMILES string of the molecule is Cl.NCCc1ccsc1.[B]. The molecule has 0 aliphatic heterocycles. The summed E-state index contributed by atoms with van der Waals surface area (Å²) in [6.07, 6.45) is 1.02. The highest BCUT2D eigenvalue weighted by Gasteiger charge is 1.86. The van der Waals surface area contributed by atoms with Gasteiger partial charge >= 0.3 is 0 Å². The zero-order valence-corrected chi connectivity index (χ0v) is 7.25. The number of halogens is 1. The Labute approximate surface area is 73.6 Å². The second kappa shape index (κ2) is 7.13. The number of nitrogens with two attached hydrogens (primary N) is 1. The van der Waals surface area contributed by atoms with Crippen molar-refractivity contribution in [2.75, 3.05) is 6.54 Å². The Hall–Kier alpha value is 0.0149. The lowest BCUT2D eigenvalue weighted by molar-refractivity contribution is 0.974. The van der Waals surface area contributed by atoms with Crippen LogP contribution in [-0.4, -0.2) is 15.0 Å². The quantitative estimate of drug-likeness (QED) is 0.672. The average molecular weight is 174 g/mol. The van der Waals surface area contributed by atoms with Crippen molar-refractivity contribution < 1.29 is 0 Å². The molecule has 55 valence electrons. The fraction of sp³-hybridized carbons (Fsp3) is 0.333. The number of hydrogen-bond acceptors (Lipinski definition) is 2. The Kier molecular flexibility index (Phi) is 9.03. The maximum atomic E-state index is 5.32. The minimum absolute atomic E-state index is 0. The fourth-order valence-electron chi connectivity index (χ4n) is 0.602. The molecule has 0 aliphatic carbocycles. The van der Waals surface area contributed by atoms with Gasteiger partial charge in [0.05, 0.1) is 0 Å². The second-order valence-electron chi connectivity index (χ2n) is 1.67. The van der Waals surface area contributed by atoms with Crippen LogP contribution in [0.15, 0.2) is 16.8 Å². The minimum atomic E-state index is 0. The van der Waals surface area contributed by atoms with Crippen LogP contribution in [0.4, 0.5) is 0 Å². The number of hydrogen-bond donors (Lipinski definition) is 1. The molecule has 0 saturated carbocycles. The molecule has 0 unspecified atom stereocenters. The highest BCUT2D eigenvalue weighted by molar-refractivity contribution is 7.07. The van der Waals surface area contributed by atoms with Gasteiger partial charge in [0.2, 0.25) is 0 Å². The first-order chi connectivity index (χ1) is 3.93. The van der Waals surface area contributed by atoms with E-state index in [9.17, 15) is 0 Å². The van der Waals surface area contributed by atoms with Gasteiger partial charge in [0.25, 0.3) is 0 Å². The van der Waals surface area contributed by atoms with Gasteiger partial charge in [-0.05, 0) is 35.4 Å². The smallest absolute Gasteiger partial charge is 0 e. The zero-order valence-electron chi connectivity index (χ0n) is 5.62. The van der Waals surface area contributed by atoms with Gasteiger partial charge in [0, 0.05) is 8.41 Å². The highest BCUT2D eigenvalue weighted by Crippen LogP contribution is 2.04. The number of thiophene rings is 1. The largest absolute Gasteiger partial charge is 0.330 e. The van der Waals surface area contributed by atoms with Crippen molar-refractivity contribution in [3.63, 3.8) is 0 Å². The maximum Gasteiger partial charge on any atom is 0 e. The Morgan fingerprint density at radius 2 is 2.20 bits per heavy atom. The monoisotopic (exact) mass is 174 g/mol. The molecule has 0 aromatic carbocycles. The van der Waals surface area contributed by atoms with Gasteiger partial charge in [-0.15, -0.1) is 12.4 Å². The van der Waals surface area contributed by atoms with E-state index < -0.39 is 0 Å². The van der Waals surface area contributed by atoms with Crippen LogP contribution in [0.5, 0.6) is 0 Å². The molecule has 0 spiro atoms. The van der Waals surface area contributed by atoms with Crippen molar-refractivity contribution in [2.24, 2.45) is 5.73 Å². The first kappa shape index (κ1) is 12.7. The van der Waals surface area contributed by atoms with E-state index in [1.807, 2.05) is 0 Å². The minimum Gasteiger partial charge on any atom is -0.330 e. The van der Waals surface area contributed by atoms with Crippen LogP contribution in [0.25, 0.3) is 0 Å². The Morgan fingerprint density at radius 3 is 2.60 bits per heavy atom. The van der Waals surface area contributed by atoms with Crippen molar-refractivity contribution >= 4 is 32.2 Å². The van der Waals surface area contributed by atoms with E-state index in [0.29, 0.717) is 0 Å². The lowest BCUT2D eigenvalue weighted by Crippen LogP contribution is -2.00. The molecule has 1 aromatic rings. The third-order valence-electron chi connectivity index (χ3n) is 1.01. The molecule has 0 bridgehead atoms. The molecule has 1 nitrogen and oxygen atoms in total. The number of rotatable bonds is 2. The topological polar surface area (TPSA) is 26.0 Å². The van der Waals surface area contributed by atoms with E-state index in [1.54, 1.807) is 11.3 Å². The van der Waals surface area contributed by atoms with Crippen molar-refractivity contribution in [3.8, 4) is 0 Å². The van der Waals surface area contributed by atoms with E-state index in [0.717, 1.165) is 13.0 Å². The predicted molar refractivity (Wildman–Crippen MR) is 50.1 cm³/mol. The summed E-state index contributed by atoms with van der Waals surface area (Å²) in [7, 11) is 0. The molecule has 1 heterocycles. The van der Waals surface area contributed by atoms with Gasteiger partial charge in [-0.3, -0.25) is 0 Å². The summed E-state index contributed by atoms with van der Waals surface area (Å²) in [6.45, 7) is 0.761. The molecular formula is C6H10BClNS. The van der Waals surface area contributed by atoms with Crippen molar-refractivity contribution in [3.05, 3.63) is 22.4 Å². The fourth-order valence-corrected chi connectivity index (χ4v) is 1.30. The highest BCUT2D eigenvalue weighted by atomic mass is 35.5. The zero-order chi connectivity index (χ0) is 5.82. The van der Waals surface area contributed by atoms with E-state index >= 15 is 0 Å². The average Bonchev–Trinajstić information content (AvgIpc) is 2.19. The summed E-state index contributed by atoms with van der Waals surface area (Å²) >= 11 is 1.72. The van der Waals surface area contributed by atoms with Gasteiger partial charge in [-0.1, -0.05) is 0 Å². The third kappa shape index (κ3) is 3.93. The molecule has 0 amide bonds. The van der Waals surface area contributed by atoms with Gasteiger partial charge in [-0.2, -0.15) is 11.3 Å². The van der Waals surface area contributed by atoms with E-state index in [-0.39, 0.29) is 20.8 Å². The van der Waals surface area contributed by atoms with Crippen LogP contribution in [0.2, 0.25) is 0 Å². The van der Waals surface area contributed by atoms with E-state index in [2.05, 4.69) is 16.8 Å². The summed E-state index contributed by atoms with van der Waals surface area (Å²) in [5.74, 6) is 0. The van der Waals surface area contributed by atoms with Crippen LogP contribution in [0.1, 0.15) is 5.56 Å². The third-order valence-corrected chi connectivity index (χ3v) is 1.75. The van der Waals surface area contributed by atoms with Crippen LogP contribution in [-0.2, 0) is 6.42 Å². The molecule has 2 N–H and O–H groups in total. The molecule has 0 aliphatic rings. The van der Waals surface area contributed by atoms with Crippen LogP contribution in [0, 0.1) is 0 Å². The summed E-state index contributed by atoms with van der Waals surface area (Å²) in [5.41, 5.74) is 6.68. The molecule has 1 rings (SSSR count). The first-order valence-electron chi connectivity index (χ1n) is 2.64. The molecule has 1 aromatic heterocycles. The van der Waals surface area contributed by atoms with E-state index in [4.69, 9.17) is 5.73 Å². The maximum absolute atomic E-state index is 5.32. The molecule has 4 heteroatoms. The molecule has 0 fully saturated rings. The van der Waals surface area contributed by atoms with Gasteiger partial charge in [0.1, 0.15) is 0 Å². The molecular weight excluding hydrogens is 164 g/mol. The molecule has 0 atom stereocenters. The lowest BCUT2D eigenvalue weighted by atomic mass is 10.2. The summed E-state index contributed by atoms with van der Waals surface area (Å²) in [5, 5.41) is 4.21. The summed E-state index contributed by atoms with van der Waals surface area (Å²) < 4.78 is 0. The van der Waals surface area contributed by atoms with Crippen LogP contribution < -0.4 is 5.73 Å². The van der Waals surface area contributed by atoms with Crippen molar-refractivity contribution in [2.45, 2.75) is 6.42 Å². The lowest BCUT2D eigenvalue weighted by Gasteiger charge is -1.86. The standard InChI is InChI=1S/C6H9NS.B.ClH/c7-3-1-6-2-4-8-5-6;;/h2,4-5H,1,3,7H2;;1H. The van der Waals surface area contributed by atoms with E-state index in [1.165, 1.54) is 5.56 Å².